The summed E-state index contributed by atoms with van der Waals surface area (Å²) >= 11 is 6.19. The minimum Gasteiger partial charge on any atom is -0.497 e. The normalized spacial score (nSPS) is 10.5. The number of nitrogens with zero attached hydrogens (tertiary/aromatic N) is 2. The molecular formula is C21H20ClN3O3. The molecule has 1 heterocycles. The van der Waals surface area contributed by atoms with E-state index in [1.165, 1.54) is 6.07 Å². The number of rotatable bonds is 7. The first-order valence-corrected chi connectivity index (χ1v) is 9.17. The molecule has 1 amide bonds. The second-order valence-corrected chi connectivity index (χ2v) is 6.55. The van der Waals surface area contributed by atoms with Crippen LogP contribution in [0.15, 0.2) is 65.5 Å². The summed E-state index contributed by atoms with van der Waals surface area (Å²) < 4.78 is 6.26. The lowest BCUT2D eigenvalue weighted by molar-refractivity contribution is -0.121. The van der Waals surface area contributed by atoms with Crippen LogP contribution in [0.1, 0.15) is 5.56 Å². The molecule has 144 valence electrons. The van der Waals surface area contributed by atoms with E-state index < -0.39 is 0 Å². The van der Waals surface area contributed by atoms with E-state index in [9.17, 15) is 9.59 Å². The van der Waals surface area contributed by atoms with Crippen LogP contribution < -0.4 is 15.6 Å². The van der Waals surface area contributed by atoms with Crippen LogP contribution in [0.4, 0.5) is 0 Å². The van der Waals surface area contributed by atoms with Gasteiger partial charge in [0.1, 0.15) is 12.3 Å². The third-order valence-corrected chi connectivity index (χ3v) is 4.53. The number of carbonyl (C=O) groups excluding carboxylic acids is 1. The highest BCUT2D eigenvalue weighted by Gasteiger charge is 2.09. The van der Waals surface area contributed by atoms with Gasteiger partial charge in [-0.3, -0.25) is 9.59 Å². The van der Waals surface area contributed by atoms with Crippen molar-refractivity contribution in [1.29, 1.82) is 0 Å². The summed E-state index contributed by atoms with van der Waals surface area (Å²) in [7, 11) is 1.62. The van der Waals surface area contributed by atoms with Crippen LogP contribution in [-0.2, 0) is 17.8 Å². The zero-order valence-corrected chi connectivity index (χ0v) is 16.1. The van der Waals surface area contributed by atoms with Crippen LogP contribution >= 0.6 is 11.6 Å². The molecule has 0 unspecified atom stereocenters. The van der Waals surface area contributed by atoms with E-state index in [1.54, 1.807) is 19.2 Å². The third-order valence-electron chi connectivity index (χ3n) is 4.20. The Hall–Kier alpha value is -3.12. The van der Waals surface area contributed by atoms with Gasteiger partial charge in [-0.15, -0.1) is 0 Å². The minimum atomic E-state index is -0.346. The quantitative estimate of drug-likeness (QED) is 0.665. The van der Waals surface area contributed by atoms with Crippen molar-refractivity contribution in [2.24, 2.45) is 0 Å². The van der Waals surface area contributed by atoms with Crippen molar-refractivity contribution in [3.05, 3.63) is 81.6 Å². The molecule has 1 aromatic heterocycles. The van der Waals surface area contributed by atoms with E-state index in [2.05, 4.69) is 10.4 Å². The van der Waals surface area contributed by atoms with Crippen molar-refractivity contribution in [2.45, 2.75) is 13.0 Å². The summed E-state index contributed by atoms with van der Waals surface area (Å²) in [4.78, 5) is 24.3. The average molecular weight is 398 g/mol. The molecule has 1 N–H and O–H groups in total. The van der Waals surface area contributed by atoms with Crippen LogP contribution in [-0.4, -0.2) is 29.3 Å². The molecular weight excluding hydrogens is 378 g/mol. The molecule has 0 aliphatic rings. The molecule has 0 saturated carbocycles. The molecule has 0 saturated heterocycles. The number of aromatic nitrogens is 2. The van der Waals surface area contributed by atoms with Gasteiger partial charge in [0.25, 0.3) is 5.56 Å². The van der Waals surface area contributed by atoms with E-state index in [4.69, 9.17) is 16.3 Å². The molecule has 28 heavy (non-hydrogen) atoms. The fraction of sp³-hybridized carbons (Fsp3) is 0.190. The van der Waals surface area contributed by atoms with Crippen LogP contribution in [0.3, 0.4) is 0 Å². The van der Waals surface area contributed by atoms with Gasteiger partial charge in [0.15, 0.2) is 0 Å². The number of hydrogen-bond donors (Lipinski definition) is 1. The molecule has 6 nitrogen and oxygen atoms in total. The SMILES string of the molecule is COc1ccc(CCNC(=O)Cn2nc(-c3ccccc3Cl)ccc2=O)cc1. The van der Waals surface area contributed by atoms with Crippen LogP contribution in [0.2, 0.25) is 5.02 Å². The predicted molar refractivity (Wildman–Crippen MR) is 109 cm³/mol. The van der Waals surface area contributed by atoms with Crippen molar-refractivity contribution < 1.29 is 9.53 Å². The second-order valence-electron chi connectivity index (χ2n) is 6.14. The van der Waals surface area contributed by atoms with E-state index >= 15 is 0 Å². The molecule has 2 aromatic carbocycles. The van der Waals surface area contributed by atoms with Gasteiger partial charge in [-0.1, -0.05) is 41.9 Å². The number of hydrogen-bond acceptors (Lipinski definition) is 4. The number of halogens is 1. The van der Waals surface area contributed by atoms with Crippen molar-refractivity contribution in [2.75, 3.05) is 13.7 Å². The summed E-state index contributed by atoms with van der Waals surface area (Å²) in [5.41, 5.74) is 1.98. The standard InChI is InChI=1S/C21H20ClN3O3/c1-28-16-8-6-15(7-9-16)12-13-23-20(26)14-25-21(27)11-10-19(24-25)17-4-2-3-5-18(17)22/h2-11H,12-14H2,1H3,(H,23,26). The van der Waals surface area contributed by atoms with Crippen LogP contribution in [0.25, 0.3) is 11.3 Å². The largest absolute Gasteiger partial charge is 0.497 e. The topological polar surface area (TPSA) is 73.2 Å². The highest BCUT2D eigenvalue weighted by Crippen LogP contribution is 2.24. The highest BCUT2D eigenvalue weighted by molar-refractivity contribution is 6.33. The molecule has 0 fully saturated rings. The molecule has 0 aliphatic heterocycles. The Labute approximate surface area is 167 Å². The Morgan fingerprint density at radius 2 is 1.86 bits per heavy atom. The van der Waals surface area contributed by atoms with Crippen molar-refractivity contribution in [3.8, 4) is 17.0 Å². The fourth-order valence-corrected chi connectivity index (χ4v) is 2.94. The Morgan fingerprint density at radius 3 is 2.57 bits per heavy atom. The summed E-state index contributed by atoms with van der Waals surface area (Å²) in [5.74, 6) is 0.510. The highest BCUT2D eigenvalue weighted by atomic mass is 35.5. The Morgan fingerprint density at radius 1 is 1.11 bits per heavy atom. The molecule has 7 heteroatoms. The number of benzene rings is 2. The molecule has 3 aromatic rings. The smallest absolute Gasteiger partial charge is 0.267 e. The molecule has 3 rings (SSSR count). The summed E-state index contributed by atoms with van der Waals surface area (Å²) in [5, 5.41) is 7.62. The Balaban J connectivity index is 1.61. The maximum absolute atomic E-state index is 12.2. The maximum Gasteiger partial charge on any atom is 0.267 e. The predicted octanol–water partition coefficient (Wildman–Crippen LogP) is 2.93. The third kappa shape index (κ3) is 4.98. The minimum absolute atomic E-state index is 0.153. The number of nitrogens with one attached hydrogen (secondary N) is 1. The number of carbonyl (C=O) groups is 1. The Bertz CT molecular complexity index is 1020. The van der Waals surface area contributed by atoms with Gasteiger partial charge in [0, 0.05) is 18.2 Å². The molecule has 0 radical (unpaired) electrons. The zero-order valence-electron chi connectivity index (χ0n) is 15.4. The van der Waals surface area contributed by atoms with E-state index in [0.29, 0.717) is 29.2 Å². The molecule has 0 aliphatic carbocycles. The van der Waals surface area contributed by atoms with Gasteiger partial charge < -0.3 is 10.1 Å². The van der Waals surface area contributed by atoms with Gasteiger partial charge >= 0.3 is 0 Å². The van der Waals surface area contributed by atoms with Gasteiger partial charge in [0.2, 0.25) is 5.91 Å². The molecule has 0 spiro atoms. The Kier molecular flexibility index (Phi) is 6.45. The fourth-order valence-electron chi connectivity index (χ4n) is 2.71. The molecule has 0 atom stereocenters. The van der Waals surface area contributed by atoms with Gasteiger partial charge in [0.05, 0.1) is 17.8 Å². The van der Waals surface area contributed by atoms with Gasteiger partial charge in [-0.05, 0) is 36.2 Å². The second kappa shape index (κ2) is 9.19. The number of amides is 1. The average Bonchev–Trinajstić information content (AvgIpc) is 2.71. The van der Waals surface area contributed by atoms with Gasteiger partial charge in [-0.25, -0.2) is 4.68 Å². The lowest BCUT2D eigenvalue weighted by Crippen LogP contribution is -2.34. The monoisotopic (exact) mass is 397 g/mol. The van der Waals surface area contributed by atoms with Crippen molar-refractivity contribution in [3.63, 3.8) is 0 Å². The van der Waals surface area contributed by atoms with Gasteiger partial charge in [-0.2, -0.15) is 5.10 Å². The maximum atomic E-state index is 12.2. The zero-order chi connectivity index (χ0) is 19.9. The summed E-state index contributed by atoms with van der Waals surface area (Å²) in [6.07, 6.45) is 0.678. The first kappa shape index (κ1) is 19.6. The lowest BCUT2D eigenvalue weighted by Gasteiger charge is -2.09. The van der Waals surface area contributed by atoms with Crippen molar-refractivity contribution in [1.82, 2.24) is 15.1 Å². The lowest BCUT2D eigenvalue weighted by atomic mass is 10.1. The molecule has 0 bridgehead atoms. The first-order valence-electron chi connectivity index (χ1n) is 8.79. The van der Waals surface area contributed by atoms with Crippen LogP contribution in [0.5, 0.6) is 5.75 Å². The first-order chi connectivity index (χ1) is 13.6. The van der Waals surface area contributed by atoms with E-state index in [0.717, 1.165) is 16.0 Å². The summed E-state index contributed by atoms with van der Waals surface area (Å²) in [6.45, 7) is 0.309. The summed E-state index contributed by atoms with van der Waals surface area (Å²) in [6, 6.07) is 17.9. The van der Waals surface area contributed by atoms with Crippen molar-refractivity contribution >= 4 is 17.5 Å². The van der Waals surface area contributed by atoms with Crippen LogP contribution in [0, 0.1) is 0 Å². The number of ether oxygens (including phenoxy) is 1. The van der Waals surface area contributed by atoms with E-state index in [1.807, 2.05) is 42.5 Å². The van der Waals surface area contributed by atoms with E-state index in [-0.39, 0.29) is 18.0 Å². The number of methoxy groups -OCH3 is 1.